The van der Waals surface area contributed by atoms with Crippen LogP contribution in [0, 0.1) is 11.8 Å². The number of benzene rings is 1. The highest BCUT2D eigenvalue weighted by atomic mass is 35.5. The molecule has 0 heterocycles. The number of rotatable bonds is 14. The van der Waals surface area contributed by atoms with Gasteiger partial charge in [-0.25, -0.2) is 4.99 Å². The third kappa shape index (κ3) is 11.4. The molecule has 0 radical (unpaired) electrons. The van der Waals surface area contributed by atoms with Crippen molar-refractivity contribution in [3.63, 3.8) is 0 Å². The molecule has 0 amide bonds. The Morgan fingerprint density at radius 3 is 2.67 bits per heavy atom. The minimum absolute atomic E-state index is 0.228. The molecule has 3 N–H and O–H groups in total. The number of allylic oxidation sites excluding steroid dienone is 2. The van der Waals surface area contributed by atoms with E-state index in [4.69, 9.17) is 16.3 Å². The lowest BCUT2D eigenvalue weighted by atomic mass is 9.94. The van der Waals surface area contributed by atoms with Gasteiger partial charge in [0.05, 0.1) is 18.7 Å². The lowest BCUT2D eigenvalue weighted by Gasteiger charge is -2.12. The second-order valence-corrected chi connectivity index (χ2v) is 7.79. The van der Waals surface area contributed by atoms with E-state index in [9.17, 15) is 9.90 Å². The summed E-state index contributed by atoms with van der Waals surface area (Å²) in [4.78, 5) is 15.7. The van der Waals surface area contributed by atoms with E-state index in [1.54, 1.807) is 19.1 Å². The van der Waals surface area contributed by atoms with Gasteiger partial charge in [-0.3, -0.25) is 4.79 Å². The molecular formula is C26H36ClN3O3. The highest BCUT2D eigenvalue weighted by molar-refractivity contribution is 6.25. The molecule has 0 saturated heterocycles. The van der Waals surface area contributed by atoms with Crippen LogP contribution >= 0.6 is 11.6 Å². The summed E-state index contributed by atoms with van der Waals surface area (Å²) in [7, 11) is 0. The van der Waals surface area contributed by atoms with Crippen LogP contribution in [0.2, 0.25) is 0 Å². The molecule has 0 aliphatic carbocycles. The molecule has 0 aliphatic rings. The number of hydrogen-bond acceptors (Lipinski definition) is 4. The van der Waals surface area contributed by atoms with Crippen molar-refractivity contribution in [3.05, 3.63) is 72.5 Å². The van der Waals surface area contributed by atoms with Gasteiger partial charge in [0.15, 0.2) is 0 Å². The summed E-state index contributed by atoms with van der Waals surface area (Å²) in [5.41, 5.74) is 4.74. The fourth-order valence-corrected chi connectivity index (χ4v) is 2.88. The Morgan fingerprint density at radius 1 is 1.33 bits per heavy atom. The minimum Gasteiger partial charge on any atom is -0.481 e. The number of amidine groups is 1. The summed E-state index contributed by atoms with van der Waals surface area (Å²) in [6.07, 6.45) is 10.5. The third-order valence-corrected chi connectivity index (χ3v) is 5.16. The van der Waals surface area contributed by atoms with E-state index in [1.165, 1.54) is 24.3 Å². The number of unbranched alkanes of at least 4 members (excludes halogenated alkanes) is 1. The molecule has 7 heteroatoms. The Morgan fingerprint density at radius 2 is 2.06 bits per heavy atom. The van der Waals surface area contributed by atoms with Crippen molar-refractivity contribution in [2.75, 3.05) is 25.0 Å². The van der Waals surface area contributed by atoms with Crippen LogP contribution in [-0.2, 0) is 9.53 Å². The molecule has 0 aromatic heterocycles. The molecule has 2 unspecified atom stereocenters. The second kappa shape index (κ2) is 16.6. The lowest BCUT2D eigenvalue weighted by Crippen LogP contribution is -2.25. The van der Waals surface area contributed by atoms with E-state index in [-0.39, 0.29) is 11.9 Å². The number of aliphatic imine (C=N–C) groups is 1. The summed E-state index contributed by atoms with van der Waals surface area (Å²) >= 11 is 5.56. The normalized spacial score (nSPS) is 14.3. The van der Waals surface area contributed by atoms with Gasteiger partial charge in [0.2, 0.25) is 0 Å². The van der Waals surface area contributed by atoms with Crippen molar-refractivity contribution in [1.29, 1.82) is 0 Å². The standard InChI is InChI=1S/C26H36ClN3O3/c1-5-7-16-28-23-11-9-22(10-12-23)21(4)13-18-30-26(29-17-8-15-27)33-19-14-24(25(31)32)20(3)6-2/h6,8-15,19-20,24,28H,2,5,7,16-18H2,1,3-4H3,(H,29,30)(H,31,32)/b15-8+,19-14+,21-13+. The lowest BCUT2D eigenvalue weighted by molar-refractivity contribution is -0.141. The average molecular weight is 474 g/mol. The van der Waals surface area contributed by atoms with E-state index in [0.717, 1.165) is 29.8 Å². The molecule has 180 valence electrons. The van der Waals surface area contributed by atoms with Crippen LogP contribution in [0.4, 0.5) is 5.69 Å². The fourth-order valence-electron chi connectivity index (χ4n) is 2.80. The van der Waals surface area contributed by atoms with E-state index in [0.29, 0.717) is 13.1 Å². The number of nitrogens with zero attached hydrogens (tertiary/aromatic N) is 1. The second-order valence-electron chi connectivity index (χ2n) is 7.54. The Hall–Kier alpha value is -2.99. The SMILES string of the molecule is C=CC(C)C(/C=C/OC(=NC/C=C/Cl)NC/C=C(\C)c1ccc(NCCCC)cc1)C(=O)O. The molecule has 2 atom stereocenters. The maximum Gasteiger partial charge on any atom is 0.311 e. The zero-order valence-electron chi connectivity index (χ0n) is 19.8. The van der Waals surface area contributed by atoms with Crippen molar-refractivity contribution < 1.29 is 14.6 Å². The van der Waals surface area contributed by atoms with Gasteiger partial charge in [-0.15, -0.1) is 6.58 Å². The Kier molecular flexibility index (Phi) is 14.1. The molecule has 1 rings (SSSR count). The largest absolute Gasteiger partial charge is 0.481 e. The van der Waals surface area contributed by atoms with Crippen LogP contribution < -0.4 is 10.6 Å². The predicted octanol–water partition coefficient (Wildman–Crippen LogP) is 6.05. The van der Waals surface area contributed by atoms with Crippen molar-refractivity contribution in [2.24, 2.45) is 16.8 Å². The molecule has 0 saturated carbocycles. The van der Waals surface area contributed by atoms with Crippen LogP contribution in [0.5, 0.6) is 0 Å². The van der Waals surface area contributed by atoms with E-state index in [2.05, 4.69) is 53.4 Å². The summed E-state index contributed by atoms with van der Waals surface area (Å²) < 4.78 is 5.56. The van der Waals surface area contributed by atoms with Crippen LogP contribution in [0.1, 0.15) is 39.2 Å². The zero-order chi connectivity index (χ0) is 24.5. The zero-order valence-corrected chi connectivity index (χ0v) is 20.5. The Labute approximate surface area is 202 Å². The fraction of sp³-hybridized carbons (Fsp3) is 0.385. The van der Waals surface area contributed by atoms with Crippen LogP contribution in [-0.4, -0.2) is 36.7 Å². The molecule has 0 aliphatic heterocycles. The van der Waals surface area contributed by atoms with Gasteiger partial charge < -0.3 is 20.5 Å². The Balaban J connectivity index is 2.74. The first kappa shape index (κ1) is 28.0. The van der Waals surface area contributed by atoms with Crippen molar-refractivity contribution in [2.45, 2.75) is 33.6 Å². The third-order valence-electron chi connectivity index (χ3n) is 4.98. The van der Waals surface area contributed by atoms with Gasteiger partial charge in [-0.2, -0.15) is 0 Å². The average Bonchev–Trinajstić information content (AvgIpc) is 2.81. The van der Waals surface area contributed by atoms with E-state index in [1.807, 2.05) is 13.0 Å². The van der Waals surface area contributed by atoms with E-state index < -0.39 is 11.9 Å². The molecule has 0 spiro atoms. The number of carboxylic acids is 1. The molecule has 6 nitrogen and oxygen atoms in total. The number of aliphatic carboxylic acids is 1. The first-order chi connectivity index (χ1) is 15.9. The van der Waals surface area contributed by atoms with Crippen LogP contribution in [0.15, 0.2) is 71.9 Å². The van der Waals surface area contributed by atoms with Crippen LogP contribution in [0.3, 0.4) is 0 Å². The molecular weight excluding hydrogens is 438 g/mol. The first-order valence-electron chi connectivity index (χ1n) is 11.2. The minimum atomic E-state index is -0.941. The summed E-state index contributed by atoms with van der Waals surface area (Å²) in [5, 5.41) is 15.9. The summed E-state index contributed by atoms with van der Waals surface area (Å²) in [5.74, 6) is -1.90. The maximum atomic E-state index is 11.4. The number of carboxylic acid groups (broad SMARTS) is 1. The van der Waals surface area contributed by atoms with Gasteiger partial charge in [-0.1, -0.05) is 62.2 Å². The summed E-state index contributed by atoms with van der Waals surface area (Å²) in [6.45, 7) is 11.5. The van der Waals surface area contributed by atoms with Crippen molar-refractivity contribution in [1.82, 2.24) is 5.32 Å². The number of hydrogen-bond donors (Lipinski definition) is 3. The number of ether oxygens (including phenoxy) is 1. The number of nitrogens with one attached hydrogen (secondary N) is 2. The number of halogens is 1. The molecule has 0 fully saturated rings. The van der Waals surface area contributed by atoms with Gasteiger partial charge in [-0.05, 0) is 48.6 Å². The maximum absolute atomic E-state index is 11.4. The van der Waals surface area contributed by atoms with Crippen LogP contribution in [0.25, 0.3) is 5.57 Å². The quantitative estimate of drug-likeness (QED) is 0.101. The smallest absolute Gasteiger partial charge is 0.311 e. The van der Waals surface area contributed by atoms with Gasteiger partial charge in [0.1, 0.15) is 0 Å². The first-order valence-corrected chi connectivity index (χ1v) is 11.6. The highest BCUT2D eigenvalue weighted by Crippen LogP contribution is 2.17. The number of carbonyl (C=O) groups is 1. The molecule has 33 heavy (non-hydrogen) atoms. The summed E-state index contributed by atoms with van der Waals surface area (Å²) in [6, 6.07) is 8.62. The van der Waals surface area contributed by atoms with Gasteiger partial charge in [0, 0.05) is 24.3 Å². The van der Waals surface area contributed by atoms with Gasteiger partial charge in [0.25, 0.3) is 6.02 Å². The molecule has 1 aromatic rings. The topological polar surface area (TPSA) is 83.0 Å². The molecule has 1 aromatic carbocycles. The Bertz CT molecular complexity index is 845. The van der Waals surface area contributed by atoms with Crippen molar-refractivity contribution in [3.8, 4) is 0 Å². The van der Waals surface area contributed by atoms with Crippen molar-refractivity contribution >= 4 is 34.9 Å². The van der Waals surface area contributed by atoms with E-state index >= 15 is 0 Å². The van der Waals surface area contributed by atoms with Gasteiger partial charge >= 0.3 is 5.97 Å². The monoisotopic (exact) mass is 473 g/mol. The number of anilines is 1. The predicted molar refractivity (Wildman–Crippen MR) is 140 cm³/mol. The highest BCUT2D eigenvalue weighted by Gasteiger charge is 2.19. The molecule has 0 bridgehead atoms.